The molecule has 1 N–H and O–H groups in total. The van der Waals surface area contributed by atoms with Crippen molar-refractivity contribution in [3.05, 3.63) is 0 Å². The van der Waals surface area contributed by atoms with Crippen LogP contribution in [0.2, 0.25) is 0 Å². The largest absolute Gasteiger partial charge is 0.411 e. The fourth-order valence-corrected chi connectivity index (χ4v) is 3.10. The van der Waals surface area contributed by atoms with Gasteiger partial charge in [0.15, 0.2) is 0 Å². The Bertz CT molecular complexity index is 377. The van der Waals surface area contributed by atoms with E-state index in [1.54, 1.807) is 0 Å². The number of carbonyl (C=O) groups excluding carboxylic acids is 1. The Morgan fingerprint density at radius 2 is 2.00 bits per heavy atom. The Balaban J connectivity index is 2.25. The first-order valence-corrected chi connectivity index (χ1v) is 7.39. The van der Waals surface area contributed by atoms with Crippen molar-refractivity contribution in [3.63, 3.8) is 0 Å². The smallest absolute Gasteiger partial charge is 0.311 e. The summed E-state index contributed by atoms with van der Waals surface area (Å²) in [7, 11) is 0. The normalized spacial score (nSPS) is 29.4. The van der Waals surface area contributed by atoms with E-state index in [0.29, 0.717) is 12.8 Å². The molecule has 0 aromatic carbocycles. The number of halogens is 3. The first-order valence-electron chi connectivity index (χ1n) is 7.39. The van der Waals surface area contributed by atoms with Crippen LogP contribution in [0.15, 0.2) is 0 Å². The molecular weight excluding hydrogens is 269 g/mol. The van der Waals surface area contributed by atoms with Gasteiger partial charge in [0.05, 0.1) is 12.2 Å². The summed E-state index contributed by atoms with van der Waals surface area (Å²) in [5.41, 5.74) is -1.90. The van der Waals surface area contributed by atoms with Gasteiger partial charge in [0, 0.05) is 0 Å². The molecule has 0 aromatic rings. The maximum Gasteiger partial charge on any atom is 0.411 e. The molecule has 1 amide bonds. The summed E-state index contributed by atoms with van der Waals surface area (Å²) < 4.78 is 40.0. The Kier molecular flexibility index (Phi) is 4.06. The lowest BCUT2D eigenvalue weighted by atomic mass is 10.1. The predicted molar refractivity (Wildman–Crippen MR) is 69.9 cm³/mol. The van der Waals surface area contributed by atoms with Gasteiger partial charge in [-0.15, -0.1) is 0 Å². The first kappa shape index (κ1) is 15.6. The van der Waals surface area contributed by atoms with E-state index in [9.17, 15) is 18.0 Å². The number of nitrogens with zero attached hydrogens (tertiary/aromatic N) is 1. The summed E-state index contributed by atoms with van der Waals surface area (Å²) in [6, 6.07) is -0.455. The van der Waals surface area contributed by atoms with E-state index in [2.05, 4.69) is 5.32 Å². The van der Waals surface area contributed by atoms with Crippen molar-refractivity contribution in [2.45, 2.75) is 76.8 Å². The van der Waals surface area contributed by atoms with Gasteiger partial charge in [-0.05, 0) is 31.6 Å². The summed E-state index contributed by atoms with van der Waals surface area (Å²) in [5, 5.41) is 3.12. The summed E-state index contributed by atoms with van der Waals surface area (Å²) >= 11 is 0. The van der Waals surface area contributed by atoms with Gasteiger partial charge in [0.2, 0.25) is 5.91 Å². The average Bonchev–Trinajstić information content (AvgIpc) is 3.03. The molecule has 2 aliphatic rings. The van der Waals surface area contributed by atoms with Gasteiger partial charge in [-0.1, -0.05) is 27.2 Å². The molecule has 0 aromatic heterocycles. The molecule has 2 atom stereocenters. The van der Waals surface area contributed by atoms with Crippen molar-refractivity contribution < 1.29 is 18.0 Å². The van der Waals surface area contributed by atoms with Crippen molar-refractivity contribution in [1.29, 1.82) is 0 Å². The molecule has 2 fully saturated rings. The number of amides is 1. The summed E-state index contributed by atoms with van der Waals surface area (Å²) in [4.78, 5) is 13.5. The van der Waals surface area contributed by atoms with Crippen LogP contribution in [0.1, 0.15) is 52.9 Å². The minimum absolute atomic E-state index is 0.0390. The Hall–Kier alpha value is -0.780. The third-order valence-electron chi connectivity index (χ3n) is 4.23. The molecular formula is C14H23F3N2O. The number of nitrogens with one attached hydrogen (secondary N) is 1. The Morgan fingerprint density at radius 1 is 1.40 bits per heavy atom. The van der Waals surface area contributed by atoms with Gasteiger partial charge >= 0.3 is 6.18 Å². The van der Waals surface area contributed by atoms with Gasteiger partial charge in [0.1, 0.15) is 5.54 Å². The van der Waals surface area contributed by atoms with Crippen LogP contribution in [0.5, 0.6) is 0 Å². The van der Waals surface area contributed by atoms with Crippen molar-refractivity contribution in [1.82, 2.24) is 10.2 Å². The van der Waals surface area contributed by atoms with E-state index in [-0.39, 0.29) is 24.7 Å². The van der Waals surface area contributed by atoms with Gasteiger partial charge < -0.3 is 4.90 Å². The minimum atomic E-state index is -4.33. The van der Waals surface area contributed by atoms with Gasteiger partial charge in [-0.2, -0.15) is 13.2 Å². The number of alkyl halides is 3. The third-order valence-corrected chi connectivity index (χ3v) is 4.23. The Morgan fingerprint density at radius 3 is 2.40 bits per heavy atom. The summed E-state index contributed by atoms with van der Waals surface area (Å²) in [6.07, 6.45) is -2.80. The van der Waals surface area contributed by atoms with Crippen molar-refractivity contribution >= 4 is 5.91 Å². The quantitative estimate of drug-likeness (QED) is 0.844. The topological polar surface area (TPSA) is 32.3 Å². The second-order valence-electron chi connectivity index (χ2n) is 6.39. The predicted octanol–water partition coefficient (Wildman–Crippen LogP) is 3.05. The standard InChI is InChI=1S/C14H23F3N2O/c1-4-5-10-12(20)19(11(18-10)8-9(2)3)13(6-7-13)14(15,16)17/h9-11,18H,4-8H2,1-3H3. The molecule has 0 bridgehead atoms. The zero-order valence-electron chi connectivity index (χ0n) is 12.3. The van der Waals surface area contributed by atoms with Crippen LogP contribution >= 0.6 is 0 Å². The third kappa shape index (κ3) is 2.54. The maximum absolute atomic E-state index is 13.3. The van der Waals surface area contributed by atoms with E-state index < -0.39 is 23.9 Å². The molecule has 1 aliphatic carbocycles. The zero-order chi connectivity index (χ0) is 15.1. The fraction of sp³-hybridized carbons (Fsp3) is 0.929. The molecule has 2 unspecified atom stereocenters. The number of hydrogen-bond donors (Lipinski definition) is 1. The monoisotopic (exact) mass is 292 g/mol. The summed E-state index contributed by atoms with van der Waals surface area (Å²) in [6.45, 7) is 5.86. The first-order chi connectivity index (χ1) is 9.23. The van der Waals surface area contributed by atoms with Crippen molar-refractivity contribution in [3.8, 4) is 0 Å². The van der Waals surface area contributed by atoms with Crippen LogP contribution in [0, 0.1) is 5.92 Å². The highest BCUT2D eigenvalue weighted by molar-refractivity contribution is 5.85. The van der Waals surface area contributed by atoms with Crippen LogP contribution < -0.4 is 5.32 Å². The molecule has 0 spiro atoms. The number of rotatable bonds is 5. The second-order valence-corrected chi connectivity index (χ2v) is 6.39. The lowest BCUT2D eigenvalue weighted by Crippen LogP contribution is -2.54. The van der Waals surface area contributed by atoms with E-state index in [1.165, 1.54) is 0 Å². The molecule has 1 saturated heterocycles. The zero-order valence-corrected chi connectivity index (χ0v) is 12.3. The molecule has 20 heavy (non-hydrogen) atoms. The lowest BCUT2D eigenvalue weighted by molar-refractivity contribution is -0.203. The van der Waals surface area contributed by atoms with Gasteiger partial charge in [0.25, 0.3) is 0 Å². The van der Waals surface area contributed by atoms with Crippen molar-refractivity contribution in [2.75, 3.05) is 0 Å². The Labute approximate surface area is 117 Å². The second kappa shape index (κ2) is 5.20. The molecule has 0 radical (unpaired) electrons. The molecule has 116 valence electrons. The maximum atomic E-state index is 13.3. The molecule has 1 saturated carbocycles. The highest BCUT2D eigenvalue weighted by Crippen LogP contribution is 2.55. The molecule has 1 heterocycles. The fourth-order valence-electron chi connectivity index (χ4n) is 3.10. The van der Waals surface area contributed by atoms with E-state index in [4.69, 9.17) is 0 Å². The van der Waals surface area contributed by atoms with E-state index in [0.717, 1.165) is 11.3 Å². The van der Waals surface area contributed by atoms with Crippen LogP contribution in [0.3, 0.4) is 0 Å². The summed E-state index contributed by atoms with van der Waals surface area (Å²) in [5.74, 6) is -0.125. The minimum Gasteiger partial charge on any atom is -0.311 e. The lowest BCUT2D eigenvalue weighted by Gasteiger charge is -2.35. The van der Waals surface area contributed by atoms with Crippen LogP contribution in [0.25, 0.3) is 0 Å². The number of hydrogen-bond acceptors (Lipinski definition) is 2. The highest BCUT2D eigenvalue weighted by atomic mass is 19.4. The van der Waals surface area contributed by atoms with E-state index >= 15 is 0 Å². The molecule has 1 aliphatic heterocycles. The van der Waals surface area contributed by atoms with Crippen LogP contribution in [-0.4, -0.2) is 34.7 Å². The van der Waals surface area contributed by atoms with Gasteiger partial charge in [-0.25, -0.2) is 0 Å². The SMILES string of the molecule is CCCC1NC(CC(C)C)N(C2(C(F)(F)F)CC2)C1=O. The van der Waals surface area contributed by atoms with Crippen LogP contribution in [-0.2, 0) is 4.79 Å². The van der Waals surface area contributed by atoms with E-state index in [1.807, 2.05) is 20.8 Å². The highest BCUT2D eigenvalue weighted by Gasteiger charge is 2.70. The molecule has 3 nitrogen and oxygen atoms in total. The van der Waals surface area contributed by atoms with Gasteiger partial charge in [-0.3, -0.25) is 10.1 Å². The van der Waals surface area contributed by atoms with Crippen LogP contribution in [0.4, 0.5) is 13.2 Å². The number of carbonyl (C=O) groups is 1. The average molecular weight is 292 g/mol. The molecule has 2 rings (SSSR count). The molecule has 6 heteroatoms. The van der Waals surface area contributed by atoms with Crippen molar-refractivity contribution in [2.24, 2.45) is 5.92 Å².